The van der Waals surface area contributed by atoms with Crippen LogP contribution in [0.3, 0.4) is 0 Å². The molecule has 0 saturated carbocycles. The van der Waals surface area contributed by atoms with Gasteiger partial charge in [-0.05, 0) is 30.5 Å². The Morgan fingerprint density at radius 3 is 2.41 bits per heavy atom. The maximum Gasteiger partial charge on any atom is 0.223 e. The number of carbonyl (C=O) groups excluding carboxylic acids is 1. The highest BCUT2D eigenvalue weighted by molar-refractivity contribution is 5.77. The fourth-order valence-electron chi connectivity index (χ4n) is 3.05. The molecule has 1 heterocycles. The highest BCUT2D eigenvalue weighted by atomic mass is 16.5. The van der Waals surface area contributed by atoms with Crippen molar-refractivity contribution in [1.82, 2.24) is 9.80 Å². The van der Waals surface area contributed by atoms with Crippen molar-refractivity contribution >= 4 is 5.91 Å². The quantitative estimate of drug-likeness (QED) is 0.838. The summed E-state index contributed by atoms with van der Waals surface area (Å²) in [6.45, 7) is 7.96. The van der Waals surface area contributed by atoms with Gasteiger partial charge in [0.1, 0.15) is 5.75 Å². The van der Waals surface area contributed by atoms with E-state index in [1.54, 1.807) is 7.11 Å². The third-order valence-electron chi connectivity index (χ3n) is 4.59. The van der Waals surface area contributed by atoms with Gasteiger partial charge in [-0.25, -0.2) is 0 Å². The molecule has 1 aromatic rings. The minimum Gasteiger partial charge on any atom is -0.496 e. The molecule has 0 unspecified atom stereocenters. The number of rotatable bonds is 5. The molecule has 4 nitrogen and oxygen atoms in total. The van der Waals surface area contributed by atoms with Gasteiger partial charge < -0.3 is 14.5 Å². The molecule has 1 amide bonds. The number of hydrogen-bond acceptors (Lipinski definition) is 3. The smallest absolute Gasteiger partial charge is 0.223 e. The van der Waals surface area contributed by atoms with E-state index in [1.807, 2.05) is 23.1 Å². The van der Waals surface area contributed by atoms with E-state index < -0.39 is 0 Å². The topological polar surface area (TPSA) is 32.8 Å². The SMILES string of the molecule is COc1ccccc1[C@H](CC(=O)N1CCN(C)CC1)C(C)C. The average molecular weight is 304 g/mol. The van der Waals surface area contributed by atoms with E-state index in [4.69, 9.17) is 4.74 Å². The van der Waals surface area contributed by atoms with Crippen molar-refractivity contribution in [2.75, 3.05) is 40.3 Å². The maximum absolute atomic E-state index is 12.7. The zero-order valence-corrected chi connectivity index (χ0v) is 14.2. The molecule has 0 aromatic heterocycles. The molecule has 1 aliphatic heterocycles. The monoisotopic (exact) mass is 304 g/mol. The van der Waals surface area contributed by atoms with Crippen molar-refractivity contribution in [2.45, 2.75) is 26.2 Å². The maximum atomic E-state index is 12.7. The molecule has 0 aliphatic carbocycles. The fraction of sp³-hybridized carbons (Fsp3) is 0.611. The van der Waals surface area contributed by atoms with Crippen molar-refractivity contribution in [3.8, 4) is 5.75 Å². The van der Waals surface area contributed by atoms with Crippen molar-refractivity contribution < 1.29 is 9.53 Å². The molecule has 22 heavy (non-hydrogen) atoms. The molecule has 0 spiro atoms. The average Bonchev–Trinajstić information content (AvgIpc) is 2.52. The standard InChI is InChI=1S/C18H28N2O2/c1-14(2)16(15-7-5-6-8-17(15)22-4)13-18(21)20-11-9-19(3)10-12-20/h5-8,14,16H,9-13H2,1-4H3/t16-/m1/s1. The molecule has 1 atom stereocenters. The van der Waals surface area contributed by atoms with Gasteiger partial charge in [0.05, 0.1) is 7.11 Å². The van der Waals surface area contributed by atoms with Gasteiger partial charge in [0.15, 0.2) is 0 Å². The molecule has 122 valence electrons. The fourth-order valence-corrected chi connectivity index (χ4v) is 3.05. The Kier molecular flexibility index (Phi) is 5.83. The number of para-hydroxylation sites is 1. The number of hydrogen-bond donors (Lipinski definition) is 0. The minimum atomic E-state index is 0.198. The van der Waals surface area contributed by atoms with Crippen LogP contribution in [0.4, 0.5) is 0 Å². The first-order valence-corrected chi connectivity index (χ1v) is 8.12. The Balaban J connectivity index is 2.10. The highest BCUT2D eigenvalue weighted by Gasteiger charge is 2.26. The van der Waals surface area contributed by atoms with Crippen molar-refractivity contribution in [3.63, 3.8) is 0 Å². The molecule has 1 saturated heterocycles. The molecule has 1 aromatic carbocycles. The van der Waals surface area contributed by atoms with Gasteiger partial charge in [-0.3, -0.25) is 4.79 Å². The third-order valence-corrected chi connectivity index (χ3v) is 4.59. The summed E-state index contributed by atoms with van der Waals surface area (Å²) in [4.78, 5) is 16.9. The van der Waals surface area contributed by atoms with Crippen LogP contribution in [0.2, 0.25) is 0 Å². The second-order valence-electron chi connectivity index (χ2n) is 6.48. The highest BCUT2D eigenvalue weighted by Crippen LogP contribution is 2.34. The molecule has 1 aliphatic rings. The first-order chi connectivity index (χ1) is 10.5. The van der Waals surface area contributed by atoms with Crippen LogP contribution in [0, 0.1) is 5.92 Å². The van der Waals surface area contributed by atoms with Gasteiger partial charge in [-0.1, -0.05) is 32.0 Å². The Hall–Kier alpha value is -1.55. The lowest BCUT2D eigenvalue weighted by molar-refractivity contribution is -0.133. The second-order valence-corrected chi connectivity index (χ2v) is 6.48. The molecule has 4 heteroatoms. The number of likely N-dealkylation sites (N-methyl/N-ethyl adjacent to an activating group) is 1. The minimum absolute atomic E-state index is 0.198. The molecule has 0 bridgehead atoms. The summed E-state index contributed by atoms with van der Waals surface area (Å²) in [5.74, 6) is 1.74. The number of nitrogens with zero attached hydrogens (tertiary/aromatic N) is 2. The van der Waals surface area contributed by atoms with Crippen LogP contribution in [-0.2, 0) is 4.79 Å². The van der Waals surface area contributed by atoms with Crippen LogP contribution in [-0.4, -0.2) is 56.0 Å². The largest absolute Gasteiger partial charge is 0.496 e. The Morgan fingerprint density at radius 1 is 1.18 bits per heavy atom. The Labute approximate surface area is 134 Å². The van der Waals surface area contributed by atoms with Crippen LogP contribution in [0.5, 0.6) is 5.75 Å². The van der Waals surface area contributed by atoms with E-state index >= 15 is 0 Å². The summed E-state index contributed by atoms with van der Waals surface area (Å²) < 4.78 is 5.49. The van der Waals surface area contributed by atoms with Crippen molar-refractivity contribution in [3.05, 3.63) is 29.8 Å². The summed E-state index contributed by atoms with van der Waals surface area (Å²) in [6, 6.07) is 8.06. The number of benzene rings is 1. The van der Waals surface area contributed by atoms with Crippen LogP contribution in [0.25, 0.3) is 0 Å². The lowest BCUT2D eigenvalue weighted by Gasteiger charge is -2.34. The van der Waals surface area contributed by atoms with Gasteiger partial charge in [-0.15, -0.1) is 0 Å². The lowest BCUT2D eigenvalue weighted by Crippen LogP contribution is -2.47. The summed E-state index contributed by atoms with van der Waals surface area (Å²) in [7, 11) is 3.80. The summed E-state index contributed by atoms with van der Waals surface area (Å²) in [5.41, 5.74) is 1.14. The molecule has 2 rings (SSSR count). The van der Waals surface area contributed by atoms with E-state index in [0.717, 1.165) is 37.5 Å². The molecule has 1 fully saturated rings. The number of carbonyl (C=O) groups is 1. The zero-order valence-electron chi connectivity index (χ0n) is 14.2. The third kappa shape index (κ3) is 4.01. The normalized spacial score (nSPS) is 17.6. The number of amides is 1. The van der Waals surface area contributed by atoms with Gasteiger partial charge in [-0.2, -0.15) is 0 Å². The molecular formula is C18H28N2O2. The van der Waals surface area contributed by atoms with E-state index in [0.29, 0.717) is 12.3 Å². The summed E-state index contributed by atoms with van der Waals surface area (Å²) >= 11 is 0. The predicted octanol–water partition coefficient (Wildman–Crippen LogP) is 2.60. The second kappa shape index (κ2) is 7.63. The van der Waals surface area contributed by atoms with Crippen molar-refractivity contribution in [1.29, 1.82) is 0 Å². The predicted molar refractivity (Wildman–Crippen MR) is 89.3 cm³/mol. The molecular weight excluding hydrogens is 276 g/mol. The van der Waals surface area contributed by atoms with Crippen LogP contribution in [0.1, 0.15) is 31.7 Å². The first-order valence-electron chi connectivity index (χ1n) is 8.12. The molecule has 0 N–H and O–H groups in total. The van der Waals surface area contributed by atoms with E-state index in [-0.39, 0.29) is 11.8 Å². The van der Waals surface area contributed by atoms with Crippen LogP contribution in [0.15, 0.2) is 24.3 Å². The van der Waals surface area contributed by atoms with Gasteiger partial charge >= 0.3 is 0 Å². The number of ether oxygens (including phenoxy) is 1. The number of piperazine rings is 1. The Bertz CT molecular complexity index is 494. The van der Waals surface area contributed by atoms with Gasteiger partial charge in [0.2, 0.25) is 5.91 Å². The lowest BCUT2D eigenvalue weighted by atomic mass is 9.84. The van der Waals surface area contributed by atoms with E-state index in [1.165, 1.54) is 0 Å². The van der Waals surface area contributed by atoms with E-state index in [2.05, 4.69) is 31.9 Å². The zero-order chi connectivity index (χ0) is 16.1. The first kappa shape index (κ1) is 16.8. The number of methoxy groups -OCH3 is 1. The summed E-state index contributed by atoms with van der Waals surface area (Å²) in [6.07, 6.45) is 0.557. The molecule has 0 radical (unpaired) electrons. The van der Waals surface area contributed by atoms with Crippen LogP contribution < -0.4 is 4.74 Å². The van der Waals surface area contributed by atoms with Crippen LogP contribution >= 0.6 is 0 Å². The van der Waals surface area contributed by atoms with Gasteiger partial charge in [0, 0.05) is 32.6 Å². The Morgan fingerprint density at radius 2 is 1.82 bits per heavy atom. The van der Waals surface area contributed by atoms with Gasteiger partial charge in [0.25, 0.3) is 0 Å². The summed E-state index contributed by atoms with van der Waals surface area (Å²) in [5, 5.41) is 0. The van der Waals surface area contributed by atoms with Crippen molar-refractivity contribution in [2.24, 2.45) is 5.92 Å². The van der Waals surface area contributed by atoms with E-state index in [9.17, 15) is 4.79 Å².